The zero-order chi connectivity index (χ0) is 11.8. The Kier molecular flexibility index (Phi) is 6.85. The van der Waals surface area contributed by atoms with Crippen molar-refractivity contribution in [2.24, 2.45) is 0 Å². The van der Waals surface area contributed by atoms with Gasteiger partial charge >= 0.3 is 0 Å². The van der Waals surface area contributed by atoms with E-state index in [1.807, 2.05) is 0 Å². The van der Waals surface area contributed by atoms with Crippen LogP contribution >= 0.6 is 0 Å². The van der Waals surface area contributed by atoms with Crippen molar-refractivity contribution in [1.29, 1.82) is 0 Å². The average Bonchev–Trinajstić information content (AvgIpc) is 2.29. The molecule has 1 heteroatoms. The summed E-state index contributed by atoms with van der Waals surface area (Å²) in [6, 6.07) is 9.13. The summed E-state index contributed by atoms with van der Waals surface area (Å²) >= 11 is 1.29. The van der Waals surface area contributed by atoms with Gasteiger partial charge in [-0.2, -0.15) is 0 Å². The minimum absolute atomic E-state index is 0.863. The minimum atomic E-state index is 0.863. The van der Waals surface area contributed by atoms with E-state index in [-0.39, 0.29) is 0 Å². The van der Waals surface area contributed by atoms with Gasteiger partial charge in [-0.25, -0.2) is 0 Å². The second-order valence-corrected chi connectivity index (χ2v) is 6.41. The number of hydrogen-bond donors (Lipinski definition) is 0. The van der Waals surface area contributed by atoms with E-state index in [1.54, 1.807) is 5.56 Å². The van der Waals surface area contributed by atoms with E-state index in [9.17, 15) is 0 Å². The molecular weight excluding hydrogens is 207 g/mol. The molecule has 0 bridgehead atoms. The third kappa shape index (κ3) is 5.19. The zero-order valence-corrected chi connectivity index (χ0v) is 13.1. The van der Waals surface area contributed by atoms with Crippen molar-refractivity contribution in [2.45, 2.75) is 57.2 Å². The highest BCUT2D eigenvalue weighted by atomic mass is 27.0. The van der Waals surface area contributed by atoms with Crippen molar-refractivity contribution in [3.05, 3.63) is 35.4 Å². The molecule has 0 saturated carbocycles. The standard InChI is InChI=1S/C15H23.Al.2H/c1-3-4-5-6-7-8-9-15-12-10-14(2)11-13-15;;;/h9-13H,3-8H2,1-2H3;;;. The molecule has 16 heavy (non-hydrogen) atoms. The van der Waals surface area contributed by atoms with Crippen LogP contribution in [0.15, 0.2) is 24.3 Å². The van der Waals surface area contributed by atoms with Crippen molar-refractivity contribution in [2.75, 3.05) is 0 Å². The zero-order valence-electron chi connectivity index (χ0n) is 11.1. The number of unbranched alkanes of at least 4 members (excludes halogenated alkanes) is 4. The van der Waals surface area contributed by atoms with E-state index in [0.29, 0.717) is 0 Å². The molecular formula is C15H25Al. The van der Waals surface area contributed by atoms with Crippen LogP contribution in [0.25, 0.3) is 0 Å². The molecule has 1 aromatic rings. The fourth-order valence-electron chi connectivity index (χ4n) is 2.12. The van der Waals surface area contributed by atoms with Gasteiger partial charge in [-0.3, -0.25) is 0 Å². The number of rotatable bonds is 7. The van der Waals surface area contributed by atoms with Gasteiger partial charge in [-0.05, 0) is 6.92 Å². The first-order valence-corrected chi connectivity index (χ1v) is 7.96. The summed E-state index contributed by atoms with van der Waals surface area (Å²) in [6.45, 7) is 4.44. The molecule has 0 aliphatic heterocycles. The van der Waals surface area contributed by atoms with E-state index in [1.165, 1.54) is 60.4 Å². The highest BCUT2D eigenvalue weighted by Crippen LogP contribution is 2.20. The number of aryl methyl sites for hydroxylation is 1. The molecule has 0 amide bonds. The summed E-state index contributed by atoms with van der Waals surface area (Å²) in [5.41, 5.74) is 2.94. The highest BCUT2D eigenvalue weighted by molar-refractivity contribution is 6.12. The second kappa shape index (κ2) is 7.93. The Labute approximate surface area is 109 Å². The molecule has 1 rings (SSSR count). The third-order valence-corrected chi connectivity index (χ3v) is 4.63. The maximum atomic E-state index is 2.32. The lowest BCUT2D eigenvalue weighted by Crippen LogP contribution is -1.98. The van der Waals surface area contributed by atoms with E-state index in [4.69, 9.17) is 0 Å². The van der Waals surface area contributed by atoms with Crippen molar-refractivity contribution in [3.63, 3.8) is 0 Å². The van der Waals surface area contributed by atoms with Crippen LogP contribution in [0.1, 0.15) is 61.4 Å². The van der Waals surface area contributed by atoms with Gasteiger partial charge in [0.25, 0.3) is 0 Å². The van der Waals surface area contributed by atoms with E-state index < -0.39 is 0 Å². The molecule has 1 aromatic carbocycles. The maximum Gasteiger partial charge on any atom is 0.223 e. The summed E-state index contributed by atoms with van der Waals surface area (Å²) in [5.74, 6) is 0. The lowest BCUT2D eigenvalue weighted by atomic mass is 10.0. The van der Waals surface area contributed by atoms with Crippen LogP contribution in [0.5, 0.6) is 0 Å². The van der Waals surface area contributed by atoms with Gasteiger partial charge in [0.05, 0.1) is 0 Å². The molecule has 0 heterocycles. The van der Waals surface area contributed by atoms with Gasteiger partial charge in [0.1, 0.15) is 0 Å². The Morgan fingerprint density at radius 3 is 2.25 bits per heavy atom. The van der Waals surface area contributed by atoms with Gasteiger partial charge in [0.15, 0.2) is 0 Å². The van der Waals surface area contributed by atoms with Crippen LogP contribution < -0.4 is 0 Å². The van der Waals surface area contributed by atoms with Crippen LogP contribution in [-0.2, 0) is 0 Å². The third-order valence-electron chi connectivity index (χ3n) is 3.39. The summed E-state index contributed by atoms with van der Waals surface area (Å²) in [7, 11) is 0. The first-order chi connectivity index (χ1) is 7.74. The average molecular weight is 232 g/mol. The molecule has 0 aliphatic rings. The van der Waals surface area contributed by atoms with Crippen LogP contribution in [0.3, 0.4) is 0 Å². The molecule has 1 atom stereocenters. The molecule has 0 N–H and O–H groups in total. The monoisotopic (exact) mass is 232 g/mol. The minimum Gasteiger partial charge on any atom is -0.0670 e. The molecule has 0 fully saturated rings. The summed E-state index contributed by atoms with van der Waals surface area (Å²) in [4.78, 5) is 0. The van der Waals surface area contributed by atoms with Gasteiger partial charge in [-0.15, -0.1) is 0 Å². The Bertz CT molecular complexity index is 276. The maximum absolute atomic E-state index is 2.32. The Hall–Kier alpha value is -0.248. The quantitative estimate of drug-likeness (QED) is 0.492. The van der Waals surface area contributed by atoms with Gasteiger partial charge in [-0.1, -0.05) is 85.6 Å². The first kappa shape index (κ1) is 13.8. The van der Waals surface area contributed by atoms with E-state index in [0.717, 1.165) is 4.78 Å². The molecule has 0 radical (unpaired) electrons. The second-order valence-electron chi connectivity index (χ2n) is 5.01. The molecule has 0 aromatic heterocycles. The van der Waals surface area contributed by atoms with Crippen molar-refractivity contribution >= 4 is 16.3 Å². The van der Waals surface area contributed by atoms with Gasteiger partial charge < -0.3 is 0 Å². The van der Waals surface area contributed by atoms with Crippen LogP contribution in [0.2, 0.25) is 0 Å². The van der Waals surface area contributed by atoms with E-state index >= 15 is 0 Å². The van der Waals surface area contributed by atoms with Crippen molar-refractivity contribution in [3.8, 4) is 0 Å². The Morgan fingerprint density at radius 2 is 1.62 bits per heavy atom. The van der Waals surface area contributed by atoms with Crippen LogP contribution in [-0.4, -0.2) is 16.3 Å². The lowest BCUT2D eigenvalue weighted by Gasteiger charge is -2.12. The SMILES string of the molecule is CCCCCCC[CH]([AlH2])c1ccc(C)cc1. The summed E-state index contributed by atoms with van der Waals surface area (Å²) < 4.78 is 0.863. The first-order valence-electron chi connectivity index (χ1n) is 6.80. The molecule has 0 spiro atoms. The predicted molar refractivity (Wildman–Crippen MR) is 75.8 cm³/mol. The lowest BCUT2D eigenvalue weighted by molar-refractivity contribution is 0.601. The van der Waals surface area contributed by atoms with E-state index in [2.05, 4.69) is 38.1 Å². The Balaban J connectivity index is 2.24. The molecule has 88 valence electrons. The van der Waals surface area contributed by atoms with Gasteiger partial charge in [0, 0.05) is 0 Å². The number of hydrogen-bond acceptors (Lipinski definition) is 0. The number of benzene rings is 1. The van der Waals surface area contributed by atoms with Crippen molar-refractivity contribution < 1.29 is 0 Å². The molecule has 1 unspecified atom stereocenters. The summed E-state index contributed by atoms with van der Waals surface area (Å²) in [6.07, 6.45) is 8.44. The normalized spacial score (nSPS) is 12.6. The molecule has 0 nitrogen and oxygen atoms in total. The predicted octanol–water partition coefficient (Wildman–Crippen LogP) is 4.03. The highest BCUT2D eigenvalue weighted by Gasteiger charge is 2.04. The fraction of sp³-hybridized carbons (Fsp3) is 0.600. The smallest absolute Gasteiger partial charge is 0.0670 e. The fourth-order valence-corrected chi connectivity index (χ4v) is 2.91. The van der Waals surface area contributed by atoms with Gasteiger partial charge in [0.2, 0.25) is 16.3 Å². The topological polar surface area (TPSA) is 0 Å². The largest absolute Gasteiger partial charge is 0.223 e. The molecule has 0 aliphatic carbocycles. The Morgan fingerprint density at radius 1 is 1.00 bits per heavy atom. The molecule has 0 saturated heterocycles. The van der Waals surface area contributed by atoms with Crippen molar-refractivity contribution in [1.82, 2.24) is 0 Å². The summed E-state index contributed by atoms with van der Waals surface area (Å²) in [5, 5.41) is 0. The van der Waals surface area contributed by atoms with Crippen LogP contribution in [0.4, 0.5) is 0 Å². The van der Waals surface area contributed by atoms with Crippen LogP contribution in [0, 0.1) is 6.92 Å².